The topological polar surface area (TPSA) is 70.6 Å². The summed E-state index contributed by atoms with van der Waals surface area (Å²) in [6.07, 6.45) is 4.21. The minimum Gasteiger partial charge on any atom is -0.341 e. The number of hydrogen-bond donors (Lipinski definition) is 0. The van der Waals surface area contributed by atoms with Crippen LogP contribution in [-0.4, -0.2) is 54.4 Å². The highest BCUT2D eigenvalue weighted by Gasteiger charge is 2.26. The van der Waals surface area contributed by atoms with Crippen LogP contribution in [0.15, 0.2) is 46.5 Å². The summed E-state index contributed by atoms with van der Waals surface area (Å²) in [5, 5.41) is 1.53. The molecular weight excluding hydrogens is 465 g/mol. The Kier molecular flexibility index (Phi) is 8.04. The predicted octanol–water partition coefficient (Wildman–Crippen LogP) is 4.31. The van der Waals surface area contributed by atoms with Crippen LogP contribution in [0.25, 0.3) is 0 Å². The number of hydrogen-bond acceptors (Lipinski definition) is 5. The molecule has 0 radical (unpaired) electrons. The van der Waals surface area contributed by atoms with Gasteiger partial charge in [-0.1, -0.05) is 47.5 Å². The smallest absolute Gasteiger partial charge is 0.244 e. The van der Waals surface area contributed by atoms with Gasteiger partial charge in [0.15, 0.2) is 0 Å². The van der Waals surface area contributed by atoms with E-state index in [9.17, 15) is 13.2 Å². The molecule has 1 aromatic heterocycles. The zero-order valence-corrected chi connectivity index (χ0v) is 19.7. The zero-order chi connectivity index (χ0) is 21.7. The maximum Gasteiger partial charge on any atom is 0.244 e. The SMILES string of the molecule is CN(Cc1ccc(Cl)c(Cl)c1)C(=O)CSc1ccc(S(=O)(=O)N2CCCCC2)cn1. The first-order chi connectivity index (χ1) is 14.3. The van der Waals surface area contributed by atoms with Crippen LogP contribution in [0.1, 0.15) is 24.8 Å². The van der Waals surface area contributed by atoms with E-state index >= 15 is 0 Å². The minimum atomic E-state index is -3.50. The van der Waals surface area contributed by atoms with Gasteiger partial charge in [-0.05, 0) is 42.7 Å². The Hall–Kier alpha value is -1.32. The van der Waals surface area contributed by atoms with E-state index in [1.165, 1.54) is 22.3 Å². The second kappa shape index (κ2) is 10.3. The van der Waals surface area contributed by atoms with Crippen molar-refractivity contribution in [2.24, 2.45) is 0 Å². The lowest BCUT2D eigenvalue weighted by atomic mass is 10.2. The van der Waals surface area contributed by atoms with Gasteiger partial charge in [0.1, 0.15) is 4.90 Å². The summed E-state index contributed by atoms with van der Waals surface area (Å²) < 4.78 is 26.9. The highest BCUT2D eigenvalue weighted by Crippen LogP contribution is 2.24. The molecule has 2 heterocycles. The zero-order valence-electron chi connectivity index (χ0n) is 16.6. The molecule has 3 rings (SSSR count). The largest absolute Gasteiger partial charge is 0.341 e. The van der Waals surface area contributed by atoms with Crippen molar-refractivity contribution in [2.75, 3.05) is 25.9 Å². The average Bonchev–Trinajstić information content (AvgIpc) is 2.75. The summed E-state index contributed by atoms with van der Waals surface area (Å²) in [6, 6.07) is 8.48. The maximum absolute atomic E-state index is 12.7. The summed E-state index contributed by atoms with van der Waals surface area (Å²) in [5.41, 5.74) is 0.885. The molecule has 1 fully saturated rings. The van der Waals surface area contributed by atoms with E-state index in [1.54, 1.807) is 36.2 Å². The third-order valence-corrected chi connectivity index (χ3v) is 8.38. The molecule has 1 saturated heterocycles. The predicted molar refractivity (Wildman–Crippen MR) is 121 cm³/mol. The van der Waals surface area contributed by atoms with Crippen molar-refractivity contribution in [1.82, 2.24) is 14.2 Å². The Labute approximate surface area is 191 Å². The number of aromatic nitrogens is 1. The van der Waals surface area contributed by atoms with E-state index < -0.39 is 10.0 Å². The van der Waals surface area contributed by atoms with Gasteiger partial charge in [0.2, 0.25) is 15.9 Å². The minimum absolute atomic E-state index is 0.0714. The average molecular weight is 488 g/mol. The third-order valence-electron chi connectivity index (χ3n) is 4.84. The van der Waals surface area contributed by atoms with E-state index in [0.29, 0.717) is 34.7 Å². The number of nitrogens with zero attached hydrogens (tertiary/aromatic N) is 3. The van der Waals surface area contributed by atoms with Crippen LogP contribution in [-0.2, 0) is 21.4 Å². The van der Waals surface area contributed by atoms with E-state index in [1.807, 2.05) is 6.07 Å². The molecule has 6 nitrogen and oxygen atoms in total. The van der Waals surface area contributed by atoms with Gasteiger partial charge in [0, 0.05) is 32.9 Å². The fourth-order valence-corrected chi connectivity index (χ4v) is 5.67. The Bertz CT molecular complexity index is 995. The molecule has 1 amide bonds. The van der Waals surface area contributed by atoms with E-state index in [2.05, 4.69) is 4.98 Å². The Morgan fingerprint density at radius 1 is 1.13 bits per heavy atom. The first kappa shape index (κ1) is 23.3. The molecule has 0 saturated carbocycles. The number of piperidine rings is 1. The molecule has 0 atom stereocenters. The van der Waals surface area contributed by atoms with Crippen LogP contribution in [0.2, 0.25) is 10.0 Å². The number of sulfonamides is 1. The van der Waals surface area contributed by atoms with Crippen molar-refractivity contribution in [3.05, 3.63) is 52.1 Å². The highest BCUT2D eigenvalue weighted by atomic mass is 35.5. The van der Waals surface area contributed by atoms with E-state index in [-0.39, 0.29) is 16.6 Å². The van der Waals surface area contributed by atoms with Crippen molar-refractivity contribution in [3.8, 4) is 0 Å². The number of carbonyl (C=O) groups excluding carboxylic acids is 1. The molecule has 10 heteroatoms. The van der Waals surface area contributed by atoms with Gasteiger partial charge in [0.05, 0.1) is 20.8 Å². The highest BCUT2D eigenvalue weighted by molar-refractivity contribution is 7.99. The Morgan fingerprint density at radius 2 is 1.87 bits per heavy atom. The third kappa shape index (κ3) is 5.88. The number of benzene rings is 1. The molecular formula is C20H23Cl2N3O3S2. The summed E-state index contributed by atoms with van der Waals surface area (Å²) in [4.78, 5) is 18.4. The Balaban J connectivity index is 1.55. The fraction of sp³-hybridized carbons (Fsp3) is 0.400. The van der Waals surface area contributed by atoms with Gasteiger partial charge in [-0.15, -0.1) is 0 Å². The van der Waals surface area contributed by atoms with Crippen molar-refractivity contribution in [2.45, 2.75) is 35.7 Å². The quantitative estimate of drug-likeness (QED) is 0.544. The monoisotopic (exact) mass is 487 g/mol. The molecule has 0 N–H and O–H groups in total. The molecule has 0 unspecified atom stereocenters. The molecule has 0 spiro atoms. The number of carbonyl (C=O) groups is 1. The molecule has 1 aliphatic heterocycles. The lowest BCUT2D eigenvalue weighted by molar-refractivity contribution is -0.127. The number of pyridine rings is 1. The molecule has 1 aromatic carbocycles. The summed E-state index contributed by atoms with van der Waals surface area (Å²) in [6.45, 7) is 1.52. The summed E-state index contributed by atoms with van der Waals surface area (Å²) in [5.74, 6) is 0.126. The van der Waals surface area contributed by atoms with Crippen LogP contribution in [0.4, 0.5) is 0 Å². The van der Waals surface area contributed by atoms with Gasteiger partial charge < -0.3 is 4.90 Å². The standard InChI is InChI=1S/C20H23Cl2N3O3S2/c1-24(13-15-5-7-17(21)18(22)11-15)20(26)14-29-19-8-6-16(12-23-19)30(27,28)25-9-3-2-4-10-25/h5-8,11-12H,2-4,9-10,13-14H2,1H3. The number of thioether (sulfide) groups is 1. The molecule has 0 aliphatic carbocycles. The van der Waals surface area contributed by atoms with Crippen LogP contribution < -0.4 is 0 Å². The number of amides is 1. The second-order valence-corrected chi connectivity index (χ2v) is 10.8. The van der Waals surface area contributed by atoms with Crippen molar-refractivity contribution in [1.29, 1.82) is 0 Å². The van der Waals surface area contributed by atoms with Crippen molar-refractivity contribution in [3.63, 3.8) is 0 Å². The summed E-state index contributed by atoms with van der Waals surface area (Å²) in [7, 11) is -1.78. The lowest BCUT2D eigenvalue weighted by Gasteiger charge is -2.25. The molecule has 0 bridgehead atoms. The van der Waals surface area contributed by atoms with Gasteiger partial charge in [-0.2, -0.15) is 4.31 Å². The first-order valence-corrected chi connectivity index (χ1v) is 12.7. The second-order valence-electron chi connectivity index (χ2n) is 7.08. The van der Waals surface area contributed by atoms with Crippen molar-refractivity contribution < 1.29 is 13.2 Å². The first-order valence-electron chi connectivity index (χ1n) is 9.54. The molecule has 2 aromatic rings. The van der Waals surface area contributed by atoms with Crippen LogP contribution in [0, 0.1) is 0 Å². The molecule has 1 aliphatic rings. The van der Waals surface area contributed by atoms with Gasteiger partial charge >= 0.3 is 0 Å². The van der Waals surface area contributed by atoms with Crippen LogP contribution >= 0.6 is 35.0 Å². The molecule has 30 heavy (non-hydrogen) atoms. The van der Waals surface area contributed by atoms with Gasteiger partial charge in [-0.25, -0.2) is 13.4 Å². The van der Waals surface area contributed by atoms with Gasteiger partial charge in [0.25, 0.3) is 0 Å². The fourth-order valence-electron chi connectivity index (χ4n) is 3.10. The van der Waals surface area contributed by atoms with E-state index in [4.69, 9.17) is 23.2 Å². The maximum atomic E-state index is 12.7. The normalized spacial score (nSPS) is 15.2. The molecule has 162 valence electrons. The lowest BCUT2D eigenvalue weighted by Crippen LogP contribution is -2.35. The van der Waals surface area contributed by atoms with Crippen molar-refractivity contribution >= 4 is 50.9 Å². The number of halogens is 2. The van der Waals surface area contributed by atoms with Crippen LogP contribution in [0.3, 0.4) is 0 Å². The van der Waals surface area contributed by atoms with E-state index in [0.717, 1.165) is 24.8 Å². The summed E-state index contributed by atoms with van der Waals surface area (Å²) >= 11 is 13.2. The van der Waals surface area contributed by atoms with Crippen LogP contribution in [0.5, 0.6) is 0 Å². The van der Waals surface area contributed by atoms with Gasteiger partial charge in [-0.3, -0.25) is 4.79 Å². The number of rotatable bonds is 7. The Morgan fingerprint density at radius 3 is 2.50 bits per heavy atom.